The van der Waals surface area contributed by atoms with Gasteiger partial charge in [0.1, 0.15) is 5.78 Å². The SMILES string of the molecule is CCOC(=O)C(F)[C@@H]1CCO[C@H]1C1CCCCC1=O. The summed E-state index contributed by atoms with van der Waals surface area (Å²) in [4.78, 5) is 23.4. The molecule has 0 aromatic rings. The number of esters is 1. The van der Waals surface area contributed by atoms with Gasteiger partial charge in [-0.25, -0.2) is 9.18 Å². The number of halogens is 1. The summed E-state index contributed by atoms with van der Waals surface area (Å²) >= 11 is 0. The number of ketones is 1. The Kier molecular flexibility index (Phi) is 4.91. The zero-order valence-electron chi connectivity index (χ0n) is 11.3. The molecule has 108 valence electrons. The van der Waals surface area contributed by atoms with Gasteiger partial charge >= 0.3 is 5.97 Å². The number of hydrogen-bond acceptors (Lipinski definition) is 4. The maximum atomic E-state index is 14.2. The lowest BCUT2D eigenvalue weighted by molar-refractivity contribution is -0.153. The van der Waals surface area contributed by atoms with Crippen molar-refractivity contribution < 1.29 is 23.5 Å². The van der Waals surface area contributed by atoms with Gasteiger partial charge in [-0.2, -0.15) is 0 Å². The third-order valence-corrected chi connectivity index (χ3v) is 4.07. The molecule has 2 aliphatic rings. The fourth-order valence-electron chi connectivity index (χ4n) is 3.11. The van der Waals surface area contributed by atoms with Gasteiger partial charge in [0.25, 0.3) is 0 Å². The Labute approximate surface area is 112 Å². The standard InChI is InChI=1S/C14H21FO4/c1-2-18-14(17)12(15)10-7-8-19-13(10)9-5-3-4-6-11(9)16/h9-10,12-13H,2-8H2,1H3/t9?,10-,12?,13-/m0/s1. The van der Waals surface area contributed by atoms with E-state index in [4.69, 9.17) is 9.47 Å². The number of hydrogen-bond donors (Lipinski definition) is 0. The van der Waals surface area contributed by atoms with Crippen LogP contribution >= 0.6 is 0 Å². The fourth-order valence-corrected chi connectivity index (χ4v) is 3.11. The van der Waals surface area contributed by atoms with Crippen LogP contribution in [-0.4, -0.2) is 37.2 Å². The molecule has 4 nitrogen and oxygen atoms in total. The van der Waals surface area contributed by atoms with Crippen molar-refractivity contribution in [2.45, 2.75) is 51.3 Å². The van der Waals surface area contributed by atoms with Gasteiger partial charge in [-0.05, 0) is 26.2 Å². The molecule has 1 saturated carbocycles. The van der Waals surface area contributed by atoms with E-state index < -0.39 is 24.2 Å². The number of carbonyl (C=O) groups excluding carboxylic acids is 2. The molecule has 2 unspecified atom stereocenters. The van der Waals surface area contributed by atoms with Crippen LogP contribution in [0.25, 0.3) is 0 Å². The van der Waals surface area contributed by atoms with Gasteiger partial charge in [0.2, 0.25) is 6.17 Å². The second kappa shape index (κ2) is 6.46. The van der Waals surface area contributed by atoms with Gasteiger partial charge in [-0.3, -0.25) is 4.79 Å². The minimum Gasteiger partial charge on any atom is -0.464 e. The van der Waals surface area contributed by atoms with Crippen LogP contribution in [0.5, 0.6) is 0 Å². The van der Waals surface area contributed by atoms with Crippen LogP contribution in [0, 0.1) is 11.8 Å². The Morgan fingerprint density at radius 3 is 2.95 bits per heavy atom. The summed E-state index contributed by atoms with van der Waals surface area (Å²) in [6.07, 6.45) is 1.52. The molecule has 0 radical (unpaired) electrons. The highest BCUT2D eigenvalue weighted by Crippen LogP contribution is 2.36. The first-order chi connectivity index (χ1) is 9.15. The van der Waals surface area contributed by atoms with Crippen LogP contribution in [0.4, 0.5) is 4.39 Å². The molecule has 1 saturated heterocycles. The molecule has 2 rings (SSSR count). The normalized spacial score (nSPS) is 33.2. The Balaban J connectivity index is 2.03. The van der Waals surface area contributed by atoms with Crippen LogP contribution in [-0.2, 0) is 19.1 Å². The first-order valence-electron chi connectivity index (χ1n) is 7.10. The van der Waals surface area contributed by atoms with Crippen LogP contribution < -0.4 is 0 Å². The zero-order chi connectivity index (χ0) is 13.8. The Hall–Kier alpha value is -0.970. The third kappa shape index (κ3) is 3.14. The Bertz CT molecular complexity index is 344. The lowest BCUT2D eigenvalue weighted by Gasteiger charge is -2.30. The van der Waals surface area contributed by atoms with Crippen LogP contribution in [0.15, 0.2) is 0 Å². The Morgan fingerprint density at radius 2 is 2.26 bits per heavy atom. The van der Waals surface area contributed by atoms with Crippen molar-refractivity contribution in [2.24, 2.45) is 11.8 Å². The molecule has 0 amide bonds. The summed E-state index contributed by atoms with van der Waals surface area (Å²) < 4.78 is 24.4. The molecular formula is C14H21FO4. The summed E-state index contributed by atoms with van der Waals surface area (Å²) in [5.74, 6) is -1.45. The van der Waals surface area contributed by atoms with Crippen molar-refractivity contribution in [1.29, 1.82) is 0 Å². The Morgan fingerprint density at radius 1 is 1.47 bits per heavy atom. The quantitative estimate of drug-likeness (QED) is 0.735. The first kappa shape index (κ1) is 14.4. The van der Waals surface area contributed by atoms with Gasteiger partial charge in [-0.15, -0.1) is 0 Å². The summed E-state index contributed by atoms with van der Waals surface area (Å²) in [5.41, 5.74) is 0. The molecule has 1 heterocycles. The van der Waals surface area contributed by atoms with E-state index in [9.17, 15) is 14.0 Å². The maximum Gasteiger partial charge on any atom is 0.341 e. The van der Waals surface area contributed by atoms with E-state index in [1.807, 2.05) is 0 Å². The summed E-state index contributed by atoms with van der Waals surface area (Å²) in [5, 5.41) is 0. The van der Waals surface area contributed by atoms with Crippen LogP contribution in [0.3, 0.4) is 0 Å². The third-order valence-electron chi connectivity index (χ3n) is 4.07. The molecule has 2 fully saturated rings. The van der Waals surface area contributed by atoms with Gasteiger partial charge in [0.05, 0.1) is 12.7 Å². The maximum absolute atomic E-state index is 14.2. The van der Waals surface area contributed by atoms with Crippen molar-refractivity contribution in [1.82, 2.24) is 0 Å². The van der Waals surface area contributed by atoms with Crippen molar-refractivity contribution in [3.05, 3.63) is 0 Å². The van der Waals surface area contributed by atoms with Crippen molar-refractivity contribution >= 4 is 11.8 Å². The molecule has 4 atom stereocenters. The highest BCUT2D eigenvalue weighted by Gasteiger charge is 2.45. The zero-order valence-corrected chi connectivity index (χ0v) is 11.3. The minimum atomic E-state index is -1.68. The largest absolute Gasteiger partial charge is 0.464 e. The molecule has 1 aliphatic heterocycles. The monoisotopic (exact) mass is 272 g/mol. The van der Waals surface area contributed by atoms with Gasteiger partial charge in [-0.1, -0.05) is 6.42 Å². The van der Waals surface area contributed by atoms with Gasteiger partial charge in [0.15, 0.2) is 0 Å². The van der Waals surface area contributed by atoms with E-state index in [0.29, 0.717) is 19.4 Å². The minimum absolute atomic E-state index is 0.152. The molecule has 1 aliphatic carbocycles. The molecule has 0 aromatic heterocycles. The van der Waals surface area contributed by atoms with E-state index >= 15 is 0 Å². The van der Waals surface area contributed by atoms with Crippen molar-refractivity contribution in [3.63, 3.8) is 0 Å². The number of Topliss-reactive ketones (excluding diaryl/α,β-unsaturated/α-hetero) is 1. The molecule has 5 heteroatoms. The van der Waals surface area contributed by atoms with Crippen molar-refractivity contribution in [3.8, 4) is 0 Å². The fraction of sp³-hybridized carbons (Fsp3) is 0.857. The highest BCUT2D eigenvalue weighted by atomic mass is 19.1. The average Bonchev–Trinajstić information content (AvgIpc) is 2.87. The van der Waals surface area contributed by atoms with Gasteiger partial charge in [0, 0.05) is 24.9 Å². The average molecular weight is 272 g/mol. The van der Waals surface area contributed by atoms with E-state index in [0.717, 1.165) is 19.3 Å². The van der Waals surface area contributed by atoms with Crippen LogP contribution in [0.1, 0.15) is 39.0 Å². The number of alkyl halides is 1. The highest BCUT2D eigenvalue weighted by molar-refractivity contribution is 5.82. The molecular weight excluding hydrogens is 251 g/mol. The number of carbonyl (C=O) groups is 2. The molecule has 19 heavy (non-hydrogen) atoms. The topological polar surface area (TPSA) is 52.6 Å². The number of rotatable bonds is 4. The van der Waals surface area contributed by atoms with Gasteiger partial charge < -0.3 is 9.47 Å². The van der Waals surface area contributed by atoms with Crippen molar-refractivity contribution in [2.75, 3.05) is 13.2 Å². The second-order valence-electron chi connectivity index (χ2n) is 5.26. The molecule has 0 spiro atoms. The van der Waals surface area contributed by atoms with E-state index in [-0.39, 0.29) is 18.3 Å². The first-order valence-corrected chi connectivity index (χ1v) is 7.10. The van der Waals surface area contributed by atoms with E-state index in [2.05, 4.69) is 0 Å². The molecule has 0 aromatic carbocycles. The van der Waals surface area contributed by atoms with E-state index in [1.54, 1.807) is 6.92 Å². The smallest absolute Gasteiger partial charge is 0.341 e. The second-order valence-corrected chi connectivity index (χ2v) is 5.26. The summed E-state index contributed by atoms with van der Waals surface area (Å²) in [7, 11) is 0. The predicted molar refractivity (Wildman–Crippen MR) is 66.3 cm³/mol. The lowest BCUT2D eigenvalue weighted by Crippen LogP contribution is -2.40. The molecule has 0 N–H and O–H groups in total. The van der Waals surface area contributed by atoms with Crippen LogP contribution in [0.2, 0.25) is 0 Å². The predicted octanol–water partition coefficient (Wildman–Crippen LogP) is 2.05. The lowest BCUT2D eigenvalue weighted by atomic mass is 9.78. The summed E-state index contributed by atoms with van der Waals surface area (Å²) in [6.45, 7) is 2.23. The summed E-state index contributed by atoms with van der Waals surface area (Å²) in [6, 6.07) is 0. The number of ether oxygens (including phenoxy) is 2. The molecule has 0 bridgehead atoms. The van der Waals surface area contributed by atoms with E-state index in [1.165, 1.54) is 0 Å².